The van der Waals surface area contributed by atoms with Crippen molar-refractivity contribution < 1.29 is 34.8 Å². The van der Waals surface area contributed by atoms with Gasteiger partial charge in [0.2, 0.25) is 0 Å². The predicted octanol–water partition coefficient (Wildman–Crippen LogP) is 2.28. The molecule has 0 saturated heterocycles. The number of carboxylic acids is 2. The van der Waals surface area contributed by atoms with E-state index in [9.17, 15) is 24.6 Å². The van der Waals surface area contributed by atoms with Crippen molar-refractivity contribution in [1.29, 1.82) is 0 Å². The van der Waals surface area contributed by atoms with Gasteiger partial charge in [-0.3, -0.25) is 4.79 Å². The van der Waals surface area contributed by atoms with Gasteiger partial charge >= 0.3 is 11.9 Å². The van der Waals surface area contributed by atoms with Crippen LogP contribution in [0.3, 0.4) is 0 Å². The first-order chi connectivity index (χ1) is 20.2. The highest BCUT2D eigenvalue weighted by atomic mass is 16.4. The topological polar surface area (TPSA) is 218 Å². The molecule has 3 heterocycles. The molecular weight excluding hydrogens is 548 g/mol. The van der Waals surface area contributed by atoms with E-state index >= 15 is 0 Å². The molecule has 0 unspecified atom stereocenters. The van der Waals surface area contributed by atoms with E-state index in [1.54, 1.807) is 12.1 Å². The monoisotopic (exact) mass is 568 g/mol. The summed E-state index contributed by atoms with van der Waals surface area (Å²) in [6, 6.07) is 11.1. The van der Waals surface area contributed by atoms with Gasteiger partial charge in [0.1, 0.15) is 34.0 Å². The van der Waals surface area contributed by atoms with Crippen LogP contribution in [0.15, 0.2) is 60.9 Å². The molecule has 2 aromatic carbocycles. The lowest BCUT2D eigenvalue weighted by Crippen LogP contribution is -2.25. The minimum atomic E-state index is -1.28. The summed E-state index contributed by atoms with van der Waals surface area (Å²) in [6.45, 7) is 0. The molecule has 5 aromatic rings. The molecule has 0 atom stereocenters. The van der Waals surface area contributed by atoms with Gasteiger partial charge in [0.25, 0.3) is 5.91 Å². The fraction of sp³-hybridized carbons (Fsp3) is 0.111. The largest absolute Gasteiger partial charge is 0.507 e. The number of nitrogens with one attached hydrogen (secondary N) is 1. The molecule has 5 N–H and O–H groups in total. The van der Waals surface area contributed by atoms with Crippen LogP contribution in [-0.2, 0) is 0 Å². The van der Waals surface area contributed by atoms with Gasteiger partial charge in [-0.15, -0.1) is 10.2 Å². The van der Waals surface area contributed by atoms with Crippen molar-refractivity contribution in [2.75, 3.05) is 0 Å². The average Bonchev–Trinajstić information content (AvgIpc) is 3.42. The van der Waals surface area contributed by atoms with Crippen LogP contribution >= 0.6 is 0 Å². The van der Waals surface area contributed by atoms with Crippen LogP contribution in [0.2, 0.25) is 0 Å². The molecule has 15 nitrogen and oxygen atoms in total. The fourth-order valence-electron chi connectivity index (χ4n) is 4.12. The highest BCUT2D eigenvalue weighted by molar-refractivity contribution is 5.96. The van der Waals surface area contributed by atoms with E-state index in [1.807, 2.05) is 0 Å². The molecule has 3 aromatic heterocycles. The molecule has 0 radical (unpaired) electrons. The lowest BCUT2D eigenvalue weighted by molar-refractivity contribution is 0.0682. The quantitative estimate of drug-likeness (QED) is 0.182. The highest BCUT2D eigenvalue weighted by Gasteiger charge is 2.25. The Morgan fingerprint density at radius 3 is 1.60 bits per heavy atom. The summed E-state index contributed by atoms with van der Waals surface area (Å²) < 4.78 is 2.64. The van der Waals surface area contributed by atoms with E-state index in [1.165, 1.54) is 58.2 Å². The van der Waals surface area contributed by atoms with E-state index in [0.29, 0.717) is 11.4 Å². The minimum Gasteiger partial charge on any atom is -0.507 e. The van der Waals surface area contributed by atoms with Crippen LogP contribution in [0.4, 0.5) is 0 Å². The first kappa shape index (κ1) is 26.1. The zero-order valence-electron chi connectivity index (χ0n) is 21.4. The normalized spacial score (nSPS) is 12.7. The van der Waals surface area contributed by atoms with Gasteiger partial charge in [0, 0.05) is 23.7 Å². The van der Waals surface area contributed by atoms with Gasteiger partial charge in [-0.2, -0.15) is 0 Å². The number of rotatable bonds is 8. The number of carbonyl (C=O) groups excluding carboxylic acids is 1. The second-order valence-corrected chi connectivity index (χ2v) is 9.48. The van der Waals surface area contributed by atoms with Crippen LogP contribution in [0.5, 0.6) is 11.5 Å². The maximum Gasteiger partial charge on any atom is 0.339 e. The SMILES string of the molecule is O=C(NC1CC1)c1cc(-c2cn(-c3ccc(C(=O)O)c(O)c3)nn2)nc(-c2cn(-c3ccc(C(=O)O)c(O)c3)nn2)c1. The van der Waals surface area contributed by atoms with Gasteiger partial charge in [0.05, 0.1) is 35.2 Å². The van der Waals surface area contributed by atoms with Crippen molar-refractivity contribution in [2.45, 2.75) is 18.9 Å². The van der Waals surface area contributed by atoms with E-state index in [0.717, 1.165) is 12.8 Å². The Labute approximate surface area is 235 Å². The number of pyridine rings is 1. The van der Waals surface area contributed by atoms with Crippen LogP contribution in [-0.4, -0.2) is 79.3 Å². The Hall–Kier alpha value is -6.12. The number of hydrogen-bond acceptors (Lipinski definition) is 10. The Morgan fingerprint density at radius 1 is 0.714 bits per heavy atom. The molecule has 15 heteroatoms. The Bertz CT molecular complexity index is 1770. The van der Waals surface area contributed by atoms with Crippen LogP contribution in [0.1, 0.15) is 43.9 Å². The number of amides is 1. The summed E-state index contributed by atoms with van der Waals surface area (Å²) in [5.74, 6) is -3.74. The Morgan fingerprint density at radius 2 is 1.19 bits per heavy atom. The molecule has 0 spiro atoms. The second-order valence-electron chi connectivity index (χ2n) is 9.48. The van der Waals surface area contributed by atoms with Crippen molar-refractivity contribution in [3.05, 3.63) is 77.6 Å². The summed E-state index contributed by atoms with van der Waals surface area (Å²) in [7, 11) is 0. The molecule has 0 aliphatic heterocycles. The van der Waals surface area contributed by atoms with Gasteiger partial charge < -0.3 is 25.7 Å². The van der Waals surface area contributed by atoms with Crippen molar-refractivity contribution >= 4 is 17.8 Å². The summed E-state index contributed by atoms with van der Waals surface area (Å²) in [4.78, 5) is 40.0. The Balaban J connectivity index is 1.37. The standard InChI is InChI=1S/C27H20N8O7/c36-23-9-15(3-5-17(23)26(39)40)34-11-21(30-32-34)19-7-13(25(38)28-14-1-2-14)8-20(29-19)22-12-35(33-31-22)16-4-6-18(27(41)42)24(37)10-16/h3-12,14,36-37H,1-2H2,(H,28,38)(H,39,40)(H,41,42). The summed E-state index contributed by atoms with van der Waals surface area (Å²) in [5, 5.41) is 57.8. The van der Waals surface area contributed by atoms with E-state index in [4.69, 9.17) is 10.2 Å². The molecule has 0 bridgehead atoms. The van der Waals surface area contributed by atoms with Gasteiger partial charge in [-0.25, -0.2) is 23.9 Å². The van der Waals surface area contributed by atoms with Crippen molar-refractivity contribution in [3.63, 3.8) is 0 Å². The van der Waals surface area contributed by atoms with Crippen LogP contribution < -0.4 is 5.32 Å². The number of aromatic carboxylic acids is 2. The predicted molar refractivity (Wildman–Crippen MR) is 143 cm³/mol. The number of aromatic nitrogens is 7. The number of carbonyl (C=O) groups is 3. The third-order valence-corrected chi connectivity index (χ3v) is 6.46. The maximum atomic E-state index is 13.0. The maximum absolute atomic E-state index is 13.0. The number of carboxylic acid groups (broad SMARTS) is 2. The van der Waals surface area contributed by atoms with Crippen molar-refractivity contribution in [3.8, 4) is 45.6 Å². The van der Waals surface area contributed by atoms with Gasteiger partial charge in [-0.05, 0) is 49.2 Å². The van der Waals surface area contributed by atoms with Gasteiger partial charge in [-0.1, -0.05) is 10.4 Å². The number of nitrogens with zero attached hydrogens (tertiary/aromatic N) is 7. The molecule has 1 fully saturated rings. The average molecular weight is 569 g/mol. The van der Waals surface area contributed by atoms with Crippen molar-refractivity contribution in [2.24, 2.45) is 0 Å². The lowest BCUT2D eigenvalue weighted by Gasteiger charge is -2.07. The number of hydrogen-bond donors (Lipinski definition) is 5. The second kappa shape index (κ2) is 10.1. The van der Waals surface area contributed by atoms with E-state index < -0.39 is 23.4 Å². The number of phenols is 2. The molecule has 6 rings (SSSR count). The van der Waals surface area contributed by atoms with Crippen LogP contribution in [0, 0.1) is 0 Å². The summed E-state index contributed by atoms with van der Waals surface area (Å²) in [5.41, 5.74) is 1.58. The zero-order valence-corrected chi connectivity index (χ0v) is 21.4. The fourth-order valence-corrected chi connectivity index (χ4v) is 4.12. The highest BCUT2D eigenvalue weighted by Crippen LogP contribution is 2.27. The molecule has 1 aliphatic rings. The molecular formula is C27H20N8O7. The first-order valence-corrected chi connectivity index (χ1v) is 12.5. The number of benzene rings is 2. The summed E-state index contributed by atoms with van der Waals surface area (Å²) in [6.07, 6.45) is 4.79. The van der Waals surface area contributed by atoms with E-state index in [2.05, 4.69) is 30.9 Å². The molecule has 1 saturated carbocycles. The third kappa shape index (κ3) is 5.08. The Kier molecular flexibility index (Phi) is 6.30. The third-order valence-electron chi connectivity index (χ3n) is 6.46. The van der Waals surface area contributed by atoms with Gasteiger partial charge in [0.15, 0.2) is 0 Å². The molecule has 1 amide bonds. The van der Waals surface area contributed by atoms with Crippen LogP contribution in [0.25, 0.3) is 34.2 Å². The zero-order chi connectivity index (χ0) is 29.5. The lowest BCUT2D eigenvalue weighted by atomic mass is 10.1. The molecule has 210 valence electrons. The minimum absolute atomic E-state index is 0.0993. The smallest absolute Gasteiger partial charge is 0.339 e. The molecule has 1 aliphatic carbocycles. The van der Waals surface area contributed by atoms with E-state index in [-0.39, 0.29) is 51.4 Å². The summed E-state index contributed by atoms with van der Waals surface area (Å²) >= 11 is 0. The molecule has 42 heavy (non-hydrogen) atoms. The first-order valence-electron chi connectivity index (χ1n) is 12.5. The number of aromatic hydroxyl groups is 2. The van der Waals surface area contributed by atoms with Crippen molar-refractivity contribution in [1.82, 2.24) is 40.3 Å².